The summed E-state index contributed by atoms with van der Waals surface area (Å²) in [5, 5.41) is 11.3. The highest BCUT2D eigenvalue weighted by atomic mass is 79.9. The minimum atomic E-state index is -1.95. The van der Waals surface area contributed by atoms with E-state index in [0.29, 0.717) is 32.8 Å². The van der Waals surface area contributed by atoms with Crippen LogP contribution >= 0.6 is 15.9 Å². The van der Waals surface area contributed by atoms with Gasteiger partial charge in [-0.15, -0.1) is 6.58 Å². The molecule has 1 N–H and O–H groups in total. The van der Waals surface area contributed by atoms with E-state index >= 15 is 0 Å². The number of amides is 1. The number of methoxy groups -OCH3 is 2. The van der Waals surface area contributed by atoms with Gasteiger partial charge in [-0.25, -0.2) is 0 Å². The first-order valence-corrected chi connectivity index (χ1v) is 9.35. The summed E-state index contributed by atoms with van der Waals surface area (Å²) in [6.45, 7) is 3.90. The number of carbonyl (C=O) groups excluding carboxylic acids is 2. The minimum absolute atomic E-state index is 0.236. The average molecular weight is 446 g/mol. The number of Topliss-reactive ketones (excluding diaryl/α,β-unsaturated/α-hetero) is 1. The molecule has 0 radical (unpaired) electrons. The zero-order valence-corrected chi connectivity index (χ0v) is 17.2. The van der Waals surface area contributed by atoms with Crippen LogP contribution in [0.2, 0.25) is 0 Å². The Morgan fingerprint density at radius 3 is 2.57 bits per heavy atom. The Morgan fingerprint density at radius 1 is 1.21 bits per heavy atom. The summed E-state index contributed by atoms with van der Waals surface area (Å²) >= 11 is 3.36. The lowest BCUT2D eigenvalue weighted by atomic mass is 9.88. The molecule has 28 heavy (non-hydrogen) atoms. The SMILES string of the molecule is C=CCN1C(=O)[C@](O)(CC(=O)c2ccc(OC)c(OC)c2)c2cc(Br)ccc21. The van der Waals surface area contributed by atoms with E-state index in [1.807, 2.05) is 0 Å². The van der Waals surface area contributed by atoms with E-state index in [1.54, 1.807) is 36.4 Å². The Morgan fingerprint density at radius 2 is 1.93 bits per heavy atom. The molecule has 3 rings (SSSR count). The second-order valence-electron chi connectivity index (χ2n) is 6.40. The molecule has 1 aliphatic rings. The molecule has 2 aromatic carbocycles. The van der Waals surface area contributed by atoms with E-state index in [4.69, 9.17) is 9.47 Å². The van der Waals surface area contributed by atoms with Gasteiger partial charge in [0.05, 0.1) is 26.3 Å². The number of halogens is 1. The van der Waals surface area contributed by atoms with Gasteiger partial charge >= 0.3 is 0 Å². The maximum atomic E-state index is 13.0. The predicted octanol–water partition coefficient (Wildman–Crippen LogP) is 3.46. The highest BCUT2D eigenvalue weighted by Gasteiger charge is 2.50. The summed E-state index contributed by atoms with van der Waals surface area (Å²) in [6.07, 6.45) is 1.18. The number of aliphatic hydroxyl groups is 1. The van der Waals surface area contributed by atoms with E-state index in [0.717, 1.165) is 0 Å². The van der Waals surface area contributed by atoms with Crippen molar-refractivity contribution in [1.82, 2.24) is 0 Å². The van der Waals surface area contributed by atoms with Crippen LogP contribution in [0.5, 0.6) is 11.5 Å². The molecule has 0 spiro atoms. The summed E-state index contributed by atoms with van der Waals surface area (Å²) in [5.41, 5.74) is -0.678. The molecule has 0 saturated heterocycles. The summed E-state index contributed by atoms with van der Waals surface area (Å²) in [4.78, 5) is 27.3. The number of rotatable bonds is 7. The first kappa shape index (κ1) is 20.1. The van der Waals surface area contributed by atoms with Crippen molar-refractivity contribution in [3.8, 4) is 11.5 Å². The highest BCUT2D eigenvalue weighted by molar-refractivity contribution is 9.10. The Hall–Kier alpha value is -2.64. The third kappa shape index (κ3) is 3.31. The third-order valence-electron chi connectivity index (χ3n) is 4.73. The number of benzene rings is 2. The summed E-state index contributed by atoms with van der Waals surface area (Å²) < 4.78 is 11.1. The number of fused-ring (bicyclic) bond motifs is 1. The molecule has 1 amide bonds. The molecule has 1 aliphatic heterocycles. The monoisotopic (exact) mass is 445 g/mol. The summed E-state index contributed by atoms with van der Waals surface area (Å²) in [7, 11) is 2.98. The first-order valence-electron chi connectivity index (χ1n) is 8.56. The van der Waals surface area contributed by atoms with Crippen molar-refractivity contribution in [2.75, 3.05) is 25.7 Å². The van der Waals surface area contributed by atoms with Crippen LogP contribution in [0.25, 0.3) is 0 Å². The fourth-order valence-electron chi connectivity index (χ4n) is 3.35. The van der Waals surface area contributed by atoms with Gasteiger partial charge in [-0.3, -0.25) is 9.59 Å². The van der Waals surface area contributed by atoms with Crippen LogP contribution in [0.1, 0.15) is 22.3 Å². The minimum Gasteiger partial charge on any atom is -0.493 e. The lowest BCUT2D eigenvalue weighted by molar-refractivity contribution is -0.135. The smallest absolute Gasteiger partial charge is 0.264 e. The number of ketones is 1. The van der Waals surface area contributed by atoms with Crippen LogP contribution < -0.4 is 14.4 Å². The molecule has 2 aromatic rings. The Labute approximate surface area is 171 Å². The van der Waals surface area contributed by atoms with Crippen molar-refractivity contribution in [1.29, 1.82) is 0 Å². The molecular formula is C21H20BrNO5. The number of hydrogen-bond donors (Lipinski definition) is 1. The van der Waals surface area contributed by atoms with Crippen molar-refractivity contribution in [2.24, 2.45) is 0 Å². The van der Waals surface area contributed by atoms with E-state index in [-0.39, 0.29) is 12.3 Å². The molecule has 0 fully saturated rings. The van der Waals surface area contributed by atoms with Crippen molar-refractivity contribution < 1.29 is 24.2 Å². The second kappa shape index (κ2) is 7.77. The van der Waals surface area contributed by atoms with E-state index in [9.17, 15) is 14.7 Å². The molecule has 0 saturated carbocycles. The number of ether oxygens (including phenoxy) is 2. The van der Waals surface area contributed by atoms with Crippen molar-refractivity contribution >= 4 is 33.3 Å². The molecule has 6 nitrogen and oxygen atoms in total. The molecule has 1 atom stereocenters. The normalized spacial score (nSPS) is 18.0. The molecular weight excluding hydrogens is 426 g/mol. The lowest BCUT2D eigenvalue weighted by Gasteiger charge is -2.22. The molecule has 0 aromatic heterocycles. The van der Waals surface area contributed by atoms with Crippen molar-refractivity contribution in [3.05, 3.63) is 64.7 Å². The maximum Gasteiger partial charge on any atom is 0.264 e. The van der Waals surface area contributed by atoms with E-state index < -0.39 is 17.9 Å². The molecule has 0 bridgehead atoms. The topological polar surface area (TPSA) is 76.1 Å². The fraction of sp³-hybridized carbons (Fsp3) is 0.238. The van der Waals surface area contributed by atoms with Gasteiger partial charge in [0, 0.05) is 22.1 Å². The zero-order chi connectivity index (χ0) is 20.5. The Balaban J connectivity index is 1.99. The summed E-state index contributed by atoms with van der Waals surface area (Å²) in [6, 6.07) is 9.91. The van der Waals surface area contributed by atoms with Gasteiger partial charge in [-0.05, 0) is 36.4 Å². The number of hydrogen-bond acceptors (Lipinski definition) is 5. The van der Waals surface area contributed by atoms with Gasteiger partial charge in [0.25, 0.3) is 5.91 Å². The van der Waals surface area contributed by atoms with Crippen LogP contribution in [0.3, 0.4) is 0 Å². The predicted molar refractivity (Wildman–Crippen MR) is 109 cm³/mol. The zero-order valence-electron chi connectivity index (χ0n) is 15.6. The molecule has 0 aliphatic carbocycles. The van der Waals surface area contributed by atoms with Crippen LogP contribution in [0.15, 0.2) is 53.5 Å². The standard InChI is InChI=1S/C21H20BrNO5/c1-4-9-23-16-7-6-14(22)11-15(16)21(26,20(23)25)12-17(24)13-5-8-18(27-2)19(10-13)28-3/h4-8,10-11,26H,1,9,12H2,2-3H3/t21-/m0/s1. The van der Waals surface area contributed by atoms with Crippen molar-refractivity contribution in [2.45, 2.75) is 12.0 Å². The largest absolute Gasteiger partial charge is 0.493 e. The molecule has 0 unspecified atom stereocenters. The first-order chi connectivity index (χ1) is 13.3. The van der Waals surface area contributed by atoms with Crippen LogP contribution in [0.4, 0.5) is 5.69 Å². The highest BCUT2D eigenvalue weighted by Crippen LogP contribution is 2.44. The molecule has 1 heterocycles. The number of carbonyl (C=O) groups is 2. The van der Waals surface area contributed by atoms with Gasteiger partial charge in [0.2, 0.25) is 0 Å². The molecule has 146 valence electrons. The maximum absolute atomic E-state index is 13.0. The number of anilines is 1. The van der Waals surface area contributed by atoms with Crippen LogP contribution in [0, 0.1) is 0 Å². The van der Waals surface area contributed by atoms with Gasteiger partial charge in [0.15, 0.2) is 22.9 Å². The fourth-order valence-corrected chi connectivity index (χ4v) is 3.71. The van der Waals surface area contributed by atoms with Gasteiger partial charge < -0.3 is 19.5 Å². The Kier molecular flexibility index (Phi) is 5.58. The van der Waals surface area contributed by atoms with Crippen LogP contribution in [-0.4, -0.2) is 37.6 Å². The lowest BCUT2D eigenvalue weighted by Crippen LogP contribution is -2.41. The van der Waals surface area contributed by atoms with E-state index in [2.05, 4.69) is 22.5 Å². The quantitative estimate of drug-likeness (QED) is 0.521. The van der Waals surface area contributed by atoms with E-state index in [1.165, 1.54) is 25.2 Å². The van der Waals surface area contributed by atoms with Gasteiger partial charge in [0.1, 0.15) is 0 Å². The van der Waals surface area contributed by atoms with Gasteiger partial charge in [-0.2, -0.15) is 0 Å². The number of nitrogens with zero attached hydrogens (tertiary/aromatic N) is 1. The molecule has 7 heteroatoms. The average Bonchev–Trinajstić information content (AvgIpc) is 2.89. The van der Waals surface area contributed by atoms with Crippen molar-refractivity contribution in [3.63, 3.8) is 0 Å². The summed E-state index contributed by atoms with van der Waals surface area (Å²) in [5.74, 6) is -0.0480. The van der Waals surface area contributed by atoms with Crippen LogP contribution in [-0.2, 0) is 10.4 Å². The second-order valence-corrected chi connectivity index (χ2v) is 7.31. The van der Waals surface area contributed by atoms with Gasteiger partial charge in [-0.1, -0.05) is 22.0 Å². The Bertz CT molecular complexity index is 958. The third-order valence-corrected chi connectivity index (χ3v) is 5.22.